The molecule has 3 N–H and O–H groups in total. The fraction of sp³-hybridized carbons (Fsp3) is 0.300. The van der Waals surface area contributed by atoms with Gasteiger partial charge in [0.25, 0.3) is 5.91 Å². The predicted molar refractivity (Wildman–Crippen MR) is 109 cm³/mol. The summed E-state index contributed by atoms with van der Waals surface area (Å²) >= 11 is 5.77. The van der Waals surface area contributed by atoms with Crippen LogP contribution in [-0.4, -0.2) is 44.8 Å². The summed E-state index contributed by atoms with van der Waals surface area (Å²) in [6, 6.07) is 7.23. The van der Waals surface area contributed by atoms with Gasteiger partial charge in [0.1, 0.15) is 0 Å². The lowest BCUT2D eigenvalue weighted by Gasteiger charge is -2.31. The van der Waals surface area contributed by atoms with Crippen LogP contribution in [0.4, 0.5) is 30.2 Å². The van der Waals surface area contributed by atoms with Crippen molar-refractivity contribution in [2.45, 2.75) is 6.18 Å². The number of amides is 1. The van der Waals surface area contributed by atoms with E-state index in [0.717, 1.165) is 12.1 Å². The van der Waals surface area contributed by atoms with Crippen molar-refractivity contribution in [1.29, 1.82) is 0 Å². The highest BCUT2D eigenvalue weighted by molar-refractivity contribution is 6.31. The summed E-state index contributed by atoms with van der Waals surface area (Å²) in [5.41, 5.74) is 5.26. The first-order valence-corrected chi connectivity index (χ1v) is 9.59. The minimum Gasteiger partial charge on any atom is -0.452 e. The number of nitrogens with one attached hydrogen (secondary N) is 1. The van der Waals surface area contributed by atoms with Crippen molar-refractivity contribution in [2.75, 3.05) is 48.9 Å². The normalized spacial score (nSPS) is 14.3. The number of hydrogen-bond acceptors (Lipinski definition) is 6. The molecule has 7 nitrogen and oxygen atoms in total. The summed E-state index contributed by atoms with van der Waals surface area (Å²) in [5.74, 6) is -1.66. The van der Waals surface area contributed by atoms with Gasteiger partial charge in [0, 0.05) is 23.8 Å². The molecule has 1 fully saturated rings. The fourth-order valence-corrected chi connectivity index (χ4v) is 3.19. The van der Waals surface area contributed by atoms with Crippen molar-refractivity contribution in [3.63, 3.8) is 0 Å². The smallest absolute Gasteiger partial charge is 0.416 e. The molecule has 0 aliphatic carbocycles. The Morgan fingerprint density at radius 2 is 1.87 bits per heavy atom. The molecule has 1 saturated heterocycles. The van der Waals surface area contributed by atoms with Gasteiger partial charge in [-0.05, 0) is 36.4 Å². The minimum atomic E-state index is -4.58. The molecular formula is C20H19ClF3N3O4. The highest BCUT2D eigenvalue weighted by Crippen LogP contribution is 2.35. The maximum Gasteiger partial charge on any atom is 0.416 e. The summed E-state index contributed by atoms with van der Waals surface area (Å²) < 4.78 is 49.6. The first-order valence-electron chi connectivity index (χ1n) is 9.21. The average molecular weight is 458 g/mol. The number of benzene rings is 2. The predicted octanol–water partition coefficient (Wildman–Crippen LogP) is 3.57. The Morgan fingerprint density at radius 3 is 2.52 bits per heavy atom. The summed E-state index contributed by atoms with van der Waals surface area (Å²) in [7, 11) is 0. The van der Waals surface area contributed by atoms with Gasteiger partial charge in [-0.25, -0.2) is 4.79 Å². The van der Waals surface area contributed by atoms with Crippen LogP contribution in [0.5, 0.6) is 0 Å². The molecule has 3 rings (SSSR count). The van der Waals surface area contributed by atoms with Crippen molar-refractivity contribution in [3.05, 3.63) is 52.5 Å². The van der Waals surface area contributed by atoms with Crippen LogP contribution in [0.25, 0.3) is 0 Å². The molecule has 0 spiro atoms. The number of alkyl halides is 3. The quantitative estimate of drug-likeness (QED) is 0.526. The Hall–Kier alpha value is -2.98. The molecule has 1 aliphatic rings. The number of anilines is 3. The highest BCUT2D eigenvalue weighted by atomic mass is 35.5. The van der Waals surface area contributed by atoms with E-state index in [-0.39, 0.29) is 16.9 Å². The number of hydrogen-bond donors (Lipinski definition) is 2. The van der Waals surface area contributed by atoms with Gasteiger partial charge < -0.3 is 25.4 Å². The van der Waals surface area contributed by atoms with E-state index in [2.05, 4.69) is 5.32 Å². The van der Waals surface area contributed by atoms with Crippen LogP contribution in [0, 0.1) is 0 Å². The third kappa shape index (κ3) is 5.80. The maximum absolute atomic E-state index is 13.2. The van der Waals surface area contributed by atoms with Crippen molar-refractivity contribution >= 4 is 40.5 Å². The lowest BCUT2D eigenvalue weighted by atomic mass is 10.1. The number of rotatable bonds is 5. The Kier molecular flexibility index (Phi) is 6.91. The molecule has 166 valence electrons. The molecule has 31 heavy (non-hydrogen) atoms. The zero-order valence-electron chi connectivity index (χ0n) is 16.2. The third-order valence-electron chi connectivity index (χ3n) is 4.52. The molecule has 2 aromatic rings. The van der Waals surface area contributed by atoms with Crippen LogP contribution in [-0.2, 0) is 20.4 Å². The summed E-state index contributed by atoms with van der Waals surface area (Å²) in [6.45, 7) is 1.03. The molecular weight excluding hydrogens is 439 g/mol. The summed E-state index contributed by atoms with van der Waals surface area (Å²) in [5, 5.41) is 2.73. The van der Waals surface area contributed by atoms with Crippen molar-refractivity contribution < 1.29 is 32.2 Å². The molecule has 11 heteroatoms. The van der Waals surface area contributed by atoms with Crippen LogP contribution in [0.2, 0.25) is 5.02 Å². The molecule has 0 atom stereocenters. The van der Waals surface area contributed by atoms with Gasteiger partial charge in [-0.1, -0.05) is 11.6 Å². The SMILES string of the molecule is Nc1cc(Cl)ccc1C(=O)OCC(=O)Nc1cc(C(F)(F)F)ccc1N1CCOCC1. The molecule has 0 saturated carbocycles. The first-order chi connectivity index (χ1) is 14.6. The van der Waals surface area contributed by atoms with E-state index in [1.165, 1.54) is 24.3 Å². The van der Waals surface area contributed by atoms with Gasteiger partial charge in [-0.3, -0.25) is 4.79 Å². The zero-order chi connectivity index (χ0) is 22.6. The largest absolute Gasteiger partial charge is 0.452 e. The maximum atomic E-state index is 13.2. The van der Waals surface area contributed by atoms with E-state index in [4.69, 9.17) is 26.8 Å². The lowest BCUT2D eigenvalue weighted by Crippen LogP contribution is -2.37. The van der Waals surface area contributed by atoms with E-state index in [1.54, 1.807) is 4.90 Å². The molecule has 0 bridgehead atoms. The fourth-order valence-electron chi connectivity index (χ4n) is 3.01. The monoisotopic (exact) mass is 457 g/mol. The standard InChI is InChI=1S/C20H19ClF3N3O4/c21-13-2-3-14(15(25)10-13)19(29)31-11-18(28)26-16-9-12(20(22,23)24)1-4-17(16)27-5-7-30-8-6-27/h1-4,9-10H,5-8,11,25H2,(H,26,28). The van der Waals surface area contributed by atoms with Crippen LogP contribution in [0.15, 0.2) is 36.4 Å². The Balaban J connectivity index is 1.73. The number of esters is 1. The first kappa shape index (κ1) is 22.7. The van der Waals surface area contributed by atoms with Gasteiger partial charge in [-0.2, -0.15) is 13.2 Å². The van der Waals surface area contributed by atoms with Gasteiger partial charge in [-0.15, -0.1) is 0 Å². The van der Waals surface area contributed by atoms with Crippen molar-refractivity contribution in [1.82, 2.24) is 0 Å². The third-order valence-corrected chi connectivity index (χ3v) is 4.75. The summed E-state index contributed by atoms with van der Waals surface area (Å²) in [4.78, 5) is 26.3. The number of nitrogen functional groups attached to an aromatic ring is 1. The number of nitrogens with zero attached hydrogens (tertiary/aromatic N) is 1. The zero-order valence-corrected chi connectivity index (χ0v) is 16.9. The molecule has 1 heterocycles. The van der Waals surface area contributed by atoms with Gasteiger partial charge >= 0.3 is 12.1 Å². The number of morpholine rings is 1. The second-order valence-electron chi connectivity index (χ2n) is 6.68. The number of ether oxygens (including phenoxy) is 2. The van der Waals surface area contributed by atoms with Gasteiger partial charge in [0.2, 0.25) is 0 Å². The van der Waals surface area contributed by atoms with E-state index in [1.807, 2.05) is 0 Å². The van der Waals surface area contributed by atoms with Crippen LogP contribution in [0.1, 0.15) is 15.9 Å². The second-order valence-corrected chi connectivity index (χ2v) is 7.12. The lowest BCUT2D eigenvalue weighted by molar-refractivity contribution is -0.137. The van der Waals surface area contributed by atoms with E-state index in [0.29, 0.717) is 37.0 Å². The van der Waals surface area contributed by atoms with Gasteiger partial charge in [0.05, 0.1) is 35.7 Å². The number of carbonyl (C=O) groups is 2. The molecule has 1 aliphatic heterocycles. The Morgan fingerprint density at radius 1 is 1.16 bits per heavy atom. The Labute approximate surface area is 180 Å². The molecule has 0 radical (unpaired) electrons. The molecule has 0 unspecified atom stereocenters. The molecule has 0 aromatic heterocycles. The van der Waals surface area contributed by atoms with Crippen molar-refractivity contribution in [2.24, 2.45) is 0 Å². The van der Waals surface area contributed by atoms with E-state index < -0.39 is 30.2 Å². The molecule has 1 amide bonds. The van der Waals surface area contributed by atoms with Crippen LogP contribution >= 0.6 is 11.6 Å². The van der Waals surface area contributed by atoms with Crippen LogP contribution in [0.3, 0.4) is 0 Å². The van der Waals surface area contributed by atoms with Crippen LogP contribution < -0.4 is 16.0 Å². The molecule has 2 aromatic carbocycles. The highest BCUT2D eigenvalue weighted by Gasteiger charge is 2.32. The van der Waals surface area contributed by atoms with Gasteiger partial charge in [0.15, 0.2) is 6.61 Å². The minimum absolute atomic E-state index is 0.0188. The Bertz CT molecular complexity index is 979. The number of halogens is 4. The number of carbonyl (C=O) groups excluding carboxylic acids is 2. The number of nitrogens with two attached hydrogens (primary N) is 1. The van der Waals surface area contributed by atoms with E-state index in [9.17, 15) is 22.8 Å². The second kappa shape index (κ2) is 9.44. The topological polar surface area (TPSA) is 93.9 Å². The van der Waals surface area contributed by atoms with E-state index >= 15 is 0 Å². The van der Waals surface area contributed by atoms with Crippen molar-refractivity contribution in [3.8, 4) is 0 Å². The summed E-state index contributed by atoms with van der Waals surface area (Å²) in [6.07, 6.45) is -4.58. The average Bonchev–Trinajstić information content (AvgIpc) is 2.72.